The number of nitrogens with zero attached hydrogens (tertiary/aromatic N) is 1. The number of pyridine rings is 1. The van der Waals surface area contributed by atoms with Gasteiger partial charge in [0.05, 0.1) is 12.1 Å². The number of benzene rings is 3. The van der Waals surface area contributed by atoms with Crippen molar-refractivity contribution in [1.82, 2.24) is 4.57 Å². The van der Waals surface area contributed by atoms with Gasteiger partial charge in [0.15, 0.2) is 0 Å². The lowest BCUT2D eigenvalue weighted by Crippen LogP contribution is -2.20. The summed E-state index contributed by atoms with van der Waals surface area (Å²) >= 11 is 0. The number of carboxylic acid groups (broad SMARTS) is 1. The number of aromatic nitrogens is 1. The molecule has 0 aliphatic rings. The summed E-state index contributed by atoms with van der Waals surface area (Å²) in [6, 6.07) is 13.9. The Bertz CT molecular complexity index is 1510. The molecule has 0 bridgehead atoms. The van der Waals surface area contributed by atoms with Gasteiger partial charge in [-0.25, -0.2) is 13.6 Å². The lowest BCUT2D eigenvalue weighted by atomic mass is 9.97. The van der Waals surface area contributed by atoms with Crippen LogP contribution < -0.4 is 10.7 Å². The van der Waals surface area contributed by atoms with Gasteiger partial charge in [0, 0.05) is 29.3 Å². The molecular formula is C27H22F2N2O4. The van der Waals surface area contributed by atoms with E-state index in [1.54, 1.807) is 38.1 Å². The fourth-order valence-corrected chi connectivity index (χ4v) is 3.98. The highest BCUT2D eigenvalue weighted by Crippen LogP contribution is 2.29. The van der Waals surface area contributed by atoms with Crippen LogP contribution in [0, 0.1) is 18.6 Å². The molecule has 0 aliphatic heterocycles. The van der Waals surface area contributed by atoms with Gasteiger partial charge in [-0.3, -0.25) is 9.59 Å². The third-order valence-electron chi connectivity index (χ3n) is 5.85. The lowest BCUT2D eigenvalue weighted by Gasteiger charge is -2.16. The minimum absolute atomic E-state index is 0.113. The van der Waals surface area contributed by atoms with Crippen LogP contribution >= 0.6 is 0 Å². The maximum Gasteiger partial charge on any atom is 0.341 e. The molecule has 0 saturated heterocycles. The van der Waals surface area contributed by atoms with Crippen molar-refractivity contribution >= 4 is 28.5 Å². The Kier molecular flexibility index (Phi) is 6.46. The van der Waals surface area contributed by atoms with Gasteiger partial charge in [0.25, 0.3) is 0 Å². The van der Waals surface area contributed by atoms with Crippen LogP contribution in [0.15, 0.2) is 65.6 Å². The fourth-order valence-electron chi connectivity index (χ4n) is 3.98. The topological polar surface area (TPSA) is 88.4 Å². The number of carbonyl (C=O) groups is 2. The molecule has 4 aromatic rings. The van der Waals surface area contributed by atoms with Crippen LogP contribution in [0.5, 0.6) is 0 Å². The number of nitrogens with one attached hydrogen (secondary N) is 1. The van der Waals surface area contributed by atoms with Crippen LogP contribution in [0.25, 0.3) is 22.0 Å². The quantitative estimate of drug-likeness (QED) is 0.393. The Morgan fingerprint density at radius 2 is 1.69 bits per heavy atom. The molecule has 0 aliphatic carbocycles. The highest BCUT2D eigenvalue weighted by Gasteiger charge is 2.18. The summed E-state index contributed by atoms with van der Waals surface area (Å²) in [5, 5.41) is 12.5. The van der Waals surface area contributed by atoms with Gasteiger partial charge in [0.2, 0.25) is 11.3 Å². The number of rotatable bonds is 6. The van der Waals surface area contributed by atoms with Gasteiger partial charge >= 0.3 is 5.97 Å². The number of carbonyl (C=O) groups excluding carboxylic acids is 1. The van der Waals surface area contributed by atoms with Gasteiger partial charge in [0.1, 0.15) is 17.2 Å². The lowest BCUT2D eigenvalue weighted by molar-refractivity contribution is -0.115. The fraction of sp³-hybridized carbons (Fsp3) is 0.148. The number of aromatic carboxylic acids is 1. The largest absolute Gasteiger partial charge is 0.477 e. The SMILES string of the molecule is CCC(=O)Nc1ccc(-c2cc3c(cc2C)c(=O)c(C(=O)O)cn3Cc2c(F)cccc2F)cc1. The average molecular weight is 476 g/mol. The minimum atomic E-state index is -1.42. The van der Waals surface area contributed by atoms with Gasteiger partial charge in [-0.1, -0.05) is 25.1 Å². The normalized spacial score (nSPS) is 11.0. The molecule has 4 rings (SSSR count). The summed E-state index contributed by atoms with van der Waals surface area (Å²) in [6.45, 7) is 3.24. The second-order valence-corrected chi connectivity index (χ2v) is 8.17. The molecule has 0 atom stereocenters. The molecule has 0 spiro atoms. The third kappa shape index (κ3) is 4.68. The van der Waals surface area contributed by atoms with E-state index in [2.05, 4.69) is 5.32 Å². The first-order chi connectivity index (χ1) is 16.7. The van der Waals surface area contributed by atoms with E-state index in [1.165, 1.54) is 10.6 Å². The number of hydrogen-bond acceptors (Lipinski definition) is 3. The monoisotopic (exact) mass is 476 g/mol. The summed E-state index contributed by atoms with van der Waals surface area (Å²) < 4.78 is 30.1. The van der Waals surface area contributed by atoms with E-state index in [-0.39, 0.29) is 23.4 Å². The second kappa shape index (κ2) is 9.50. The van der Waals surface area contributed by atoms with Crippen molar-refractivity contribution in [2.75, 3.05) is 5.32 Å². The number of anilines is 1. The zero-order valence-electron chi connectivity index (χ0n) is 19.1. The van der Waals surface area contributed by atoms with Gasteiger partial charge in [-0.05, 0) is 60.0 Å². The van der Waals surface area contributed by atoms with Crippen LogP contribution in [0.3, 0.4) is 0 Å². The van der Waals surface area contributed by atoms with Crippen molar-refractivity contribution in [3.8, 4) is 11.1 Å². The van der Waals surface area contributed by atoms with E-state index in [0.717, 1.165) is 29.5 Å². The highest BCUT2D eigenvalue weighted by atomic mass is 19.1. The summed E-state index contributed by atoms with van der Waals surface area (Å²) in [7, 11) is 0. The van der Waals surface area contributed by atoms with E-state index in [1.807, 2.05) is 12.1 Å². The van der Waals surface area contributed by atoms with Crippen LogP contribution in [-0.2, 0) is 11.3 Å². The maximum absolute atomic E-state index is 14.4. The minimum Gasteiger partial charge on any atom is -0.477 e. The van der Waals surface area contributed by atoms with Crippen LogP contribution in [-0.4, -0.2) is 21.6 Å². The molecule has 1 aromatic heterocycles. The van der Waals surface area contributed by atoms with Crippen LogP contribution in [0.4, 0.5) is 14.5 Å². The Morgan fingerprint density at radius 3 is 2.29 bits per heavy atom. The van der Waals surface area contributed by atoms with E-state index in [0.29, 0.717) is 23.2 Å². The van der Waals surface area contributed by atoms with E-state index in [4.69, 9.17) is 0 Å². The molecule has 0 fully saturated rings. The smallest absolute Gasteiger partial charge is 0.341 e. The molecule has 1 amide bonds. The molecule has 0 unspecified atom stereocenters. The van der Waals surface area contributed by atoms with Crippen LogP contribution in [0.2, 0.25) is 0 Å². The van der Waals surface area contributed by atoms with Gasteiger partial charge < -0.3 is 15.0 Å². The van der Waals surface area contributed by atoms with Crippen LogP contribution in [0.1, 0.15) is 34.8 Å². The molecule has 178 valence electrons. The second-order valence-electron chi connectivity index (χ2n) is 8.17. The molecule has 8 heteroatoms. The van der Waals surface area contributed by atoms with Gasteiger partial charge in [-0.2, -0.15) is 0 Å². The number of amides is 1. The standard InChI is InChI=1S/C27H22F2N2O4/c1-3-25(32)30-17-9-7-16(8-10-17)18-12-24-19(11-15(18)2)26(33)21(27(34)35)14-31(24)13-20-22(28)5-4-6-23(20)29/h4-12,14H,3,13H2,1-2H3,(H,30,32)(H,34,35). The summed E-state index contributed by atoms with van der Waals surface area (Å²) in [5.41, 5.74) is 1.82. The first kappa shape index (κ1) is 23.8. The molecule has 1 heterocycles. The van der Waals surface area contributed by atoms with Crippen molar-refractivity contribution < 1.29 is 23.5 Å². The zero-order chi connectivity index (χ0) is 25.3. The first-order valence-electron chi connectivity index (χ1n) is 10.9. The predicted molar refractivity (Wildman–Crippen MR) is 130 cm³/mol. The van der Waals surface area contributed by atoms with Gasteiger partial charge in [-0.15, -0.1) is 0 Å². The van der Waals surface area contributed by atoms with Crippen molar-refractivity contribution in [1.29, 1.82) is 0 Å². The average Bonchev–Trinajstić information content (AvgIpc) is 2.83. The van der Waals surface area contributed by atoms with Crippen molar-refractivity contribution in [3.05, 3.63) is 99.3 Å². The number of carboxylic acids is 1. The highest BCUT2D eigenvalue weighted by molar-refractivity contribution is 5.95. The summed E-state index contributed by atoms with van der Waals surface area (Å²) in [5.74, 6) is -3.08. The third-order valence-corrected chi connectivity index (χ3v) is 5.85. The van der Waals surface area contributed by atoms with Crippen molar-refractivity contribution in [3.63, 3.8) is 0 Å². The Hall–Kier alpha value is -4.33. The van der Waals surface area contributed by atoms with E-state index >= 15 is 0 Å². The summed E-state index contributed by atoms with van der Waals surface area (Å²) in [4.78, 5) is 36.3. The number of hydrogen-bond donors (Lipinski definition) is 2. The van der Waals surface area contributed by atoms with Crippen molar-refractivity contribution in [2.24, 2.45) is 0 Å². The first-order valence-corrected chi connectivity index (χ1v) is 10.9. The molecular weight excluding hydrogens is 454 g/mol. The number of halogens is 2. The molecule has 35 heavy (non-hydrogen) atoms. The maximum atomic E-state index is 14.4. The van der Waals surface area contributed by atoms with E-state index < -0.39 is 28.6 Å². The number of fused-ring (bicyclic) bond motifs is 1. The predicted octanol–water partition coefficient (Wildman–Crippen LogP) is 5.35. The molecule has 0 saturated carbocycles. The number of aryl methyl sites for hydroxylation is 1. The van der Waals surface area contributed by atoms with E-state index in [9.17, 15) is 28.3 Å². The zero-order valence-corrected chi connectivity index (χ0v) is 19.1. The molecule has 2 N–H and O–H groups in total. The molecule has 0 radical (unpaired) electrons. The van der Waals surface area contributed by atoms with Crippen molar-refractivity contribution in [2.45, 2.75) is 26.8 Å². The Morgan fingerprint density at radius 1 is 1.03 bits per heavy atom. The Labute approximate surface area is 199 Å². The molecule has 3 aromatic carbocycles. The molecule has 6 nitrogen and oxygen atoms in total. The summed E-state index contributed by atoms with van der Waals surface area (Å²) in [6.07, 6.45) is 1.46. The Balaban J connectivity index is 1.90.